The lowest BCUT2D eigenvalue weighted by atomic mass is 9.92. The molecule has 0 aromatic heterocycles. The van der Waals surface area contributed by atoms with Gasteiger partial charge in [0.2, 0.25) is 11.8 Å². The van der Waals surface area contributed by atoms with Gasteiger partial charge in [0.1, 0.15) is 6.04 Å². The lowest BCUT2D eigenvalue weighted by molar-refractivity contribution is -0.146. The minimum atomic E-state index is -0.797. The number of carbonyl (C=O) groups is 4. The first kappa shape index (κ1) is 34.8. The Hall–Kier alpha value is -3.00. The minimum Gasteiger partial charge on any atom is -0.480 e. The van der Waals surface area contributed by atoms with Crippen LogP contribution in [0.4, 0.5) is 10.5 Å². The van der Waals surface area contributed by atoms with E-state index in [0.717, 1.165) is 45.1 Å². The first-order chi connectivity index (χ1) is 23.1. The fraction of sp³-hybridized carbons (Fsp3) is 0.543. The van der Waals surface area contributed by atoms with Crippen LogP contribution in [-0.4, -0.2) is 124 Å². The second-order valence-corrected chi connectivity index (χ2v) is 15.3. The Kier molecular flexibility index (Phi) is 11.1. The fourth-order valence-corrected chi connectivity index (χ4v) is 8.36. The lowest BCUT2D eigenvalue weighted by Gasteiger charge is -2.44. The number of aliphatic carboxylic acids is 1. The average molecular weight is 789 g/mol. The van der Waals surface area contributed by atoms with Gasteiger partial charge in [-0.1, -0.05) is 24.3 Å². The molecule has 4 heterocycles. The van der Waals surface area contributed by atoms with Gasteiger partial charge in [0.05, 0.1) is 5.92 Å². The molecule has 4 aliphatic rings. The number of likely N-dealkylation sites (tertiary alicyclic amines) is 2. The van der Waals surface area contributed by atoms with Crippen LogP contribution >= 0.6 is 31.9 Å². The second-order valence-electron chi connectivity index (χ2n) is 13.6. The van der Waals surface area contributed by atoms with Crippen LogP contribution in [0.15, 0.2) is 51.4 Å². The minimum absolute atomic E-state index is 0.00108. The van der Waals surface area contributed by atoms with Crippen molar-refractivity contribution in [2.45, 2.75) is 63.2 Å². The normalized spacial score (nSPS) is 22.3. The Balaban J connectivity index is 1.07. The van der Waals surface area contributed by atoms with Crippen LogP contribution in [0, 0.1) is 5.92 Å². The number of hydrogen-bond acceptors (Lipinski definition) is 6. The van der Waals surface area contributed by atoms with Gasteiger partial charge in [-0.3, -0.25) is 24.2 Å². The largest absolute Gasteiger partial charge is 0.480 e. The predicted molar refractivity (Wildman–Crippen MR) is 189 cm³/mol. The fourth-order valence-electron chi connectivity index (χ4n) is 7.68. The summed E-state index contributed by atoms with van der Waals surface area (Å²) in [4.78, 5) is 62.4. The van der Waals surface area contributed by atoms with Crippen molar-refractivity contribution in [3.05, 3.63) is 62.5 Å². The van der Waals surface area contributed by atoms with E-state index in [1.807, 2.05) is 69.1 Å². The van der Waals surface area contributed by atoms with E-state index in [1.165, 1.54) is 0 Å². The molecule has 0 aliphatic carbocycles. The van der Waals surface area contributed by atoms with Gasteiger partial charge in [0, 0.05) is 85.5 Å². The van der Waals surface area contributed by atoms with Crippen molar-refractivity contribution < 1.29 is 24.3 Å². The molecular weight excluding hydrogens is 744 g/mol. The number of nitrogens with one attached hydrogen (secondary N) is 1. The molecule has 258 valence electrons. The van der Waals surface area contributed by atoms with Gasteiger partial charge < -0.3 is 25.1 Å². The standard InChI is InChI=1S/C35H44Br2N6O5/c1-39-16-17-42(22-31(39)34(46)47)26-8-14-41(15-9-26)33(45)25(18-23-6-7-28(36)29(37)19-23)20-32(44)40-12-10-27(11-13-40)43-21-24-4-2-3-5-30(24)38-35(43)48/h2-7,19,25-27,31H,8-18,20-22H2,1H3,(H,38,48)(H,46,47). The number of hydrogen-bond donors (Lipinski definition) is 2. The number of halogens is 2. The van der Waals surface area contributed by atoms with Gasteiger partial charge in [0.25, 0.3) is 0 Å². The van der Waals surface area contributed by atoms with Crippen molar-refractivity contribution in [2.24, 2.45) is 5.92 Å². The van der Waals surface area contributed by atoms with E-state index in [2.05, 4.69) is 42.1 Å². The third-order valence-electron chi connectivity index (χ3n) is 10.6. The molecule has 3 saturated heterocycles. The number of urea groups is 1. The third-order valence-corrected chi connectivity index (χ3v) is 12.5. The topological polar surface area (TPSA) is 117 Å². The maximum Gasteiger partial charge on any atom is 0.322 e. The number of para-hydroxylation sites is 1. The number of carboxylic acid groups (broad SMARTS) is 1. The van der Waals surface area contributed by atoms with Crippen LogP contribution < -0.4 is 5.32 Å². The van der Waals surface area contributed by atoms with E-state index in [-0.39, 0.29) is 36.3 Å². The summed E-state index contributed by atoms with van der Waals surface area (Å²) in [5, 5.41) is 12.7. The van der Waals surface area contributed by atoms with E-state index in [1.54, 1.807) is 0 Å². The molecule has 2 N–H and O–H groups in total. The molecule has 48 heavy (non-hydrogen) atoms. The molecule has 2 aromatic carbocycles. The van der Waals surface area contributed by atoms with Crippen molar-refractivity contribution in [1.82, 2.24) is 24.5 Å². The molecule has 2 unspecified atom stereocenters. The molecule has 4 amide bonds. The molecule has 2 atom stereocenters. The molecule has 3 fully saturated rings. The van der Waals surface area contributed by atoms with Crippen LogP contribution in [0.5, 0.6) is 0 Å². The molecule has 0 spiro atoms. The van der Waals surface area contributed by atoms with Gasteiger partial charge in [0.15, 0.2) is 0 Å². The number of carboxylic acids is 1. The molecular formula is C35H44Br2N6O5. The number of benzene rings is 2. The van der Waals surface area contributed by atoms with Gasteiger partial charge in [-0.15, -0.1) is 0 Å². The Morgan fingerprint density at radius 2 is 1.58 bits per heavy atom. The van der Waals surface area contributed by atoms with Crippen molar-refractivity contribution in [1.29, 1.82) is 0 Å². The number of fused-ring (bicyclic) bond motifs is 1. The number of piperidine rings is 2. The average Bonchev–Trinajstić information content (AvgIpc) is 3.09. The number of rotatable bonds is 8. The van der Waals surface area contributed by atoms with E-state index in [9.17, 15) is 24.3 Å². The summed E-state index contributed by atoms with van der Waals surface area (Å²) in [6, 6.07) is 13.5. The first-order valence-electron chi connectivity index (χ1n) is 16.9. The van der Waals surface area contributed by atoms with E-state index >= 15 is 0 Å². The molecule has 11 nitrogen and oxygen atoms in total. The maximum atomic E-state index is 14.1. The number of amides is 4. The summed E-state index contributed by atoms with van der Waals surface area (Å²) in [6.07, 6.45) is 3.55. The van der Waals surface area contributed by atoms with E-state index in [0.29, 0.717) is 65.1 Å². The number of carbonyl (C=O) groups excluding carboxylic acids is 3. The number of piperazine rings is 1. The zero-order valence-corrected chi connectivity index (χ0v) is 30.5. The van der Waals surface area contributed by atoms with Gasteiger partial charge >= 0.3 is 12.0 Å². The summed E-state index contributed by atoms with van der Waals surface area (Å²) in [7, 11) is 1.86. The second kappa shape index (κ2) is 15.3. The highest BCUT2D eigenvalue weighted by atomic mass is 79.9. The van der Waals surface area contributed by atoms with Gasteiger partial charge in [-0.05, 0) is 100 Å². The van der Waals surface area contributed by atoms with Crippen LogP contribution in [0.3, 0.4) is 0 Å². The summed E-state index contributed by atoms with van der Waals surface area (Å²) in [5.74, 6) is -1.32. The molecule has 0 radical (unpaired) electrons. The van der Waals surface area contributed by atoms with Crippen LogP contribution in [0.2, 0.25) is 0 Å². The zero-order valence-electron chi connectivity index (χ0n) is 27.3. The first-order valence-corrected chi connectivity index (χ1v) is 18.5. The molecule has 4 aliphatic heterocycles. The van der Waals surface area contributed by atoms with Crippen LogP contribution in [0.1, 0.15) is 43.2 Å². The quantitative estimate of drug-likeness (QED) is 0.405. The van der Waals surface area contributed by atoms with Crippen LogP contribution in [-0.2, 0) is 27.3 Å². The predicted octanol–water partition coefficient (Wildman–Crippen LogP) is 4.49. The monoisotopic (exact) mass is 786 g/mol. The third kappa shape index (κ3) is 7.90. The molecule has 13 heteroatoms. The summed E-state index contributed by atoms with van der Waals surface area (Å²) < 4.78 is 1.83. The maximum absolute atomic E-state index is 14.1. The Labute approximate surface area is 298 Å². The number of nitrogens with zero attached hydrogens (tertiary/aromatic N) is 5. The van der Waals surface area contributed by atoms with E-state index in [4.69, 9.17) is 0 Å². The lowest BCUT2D eigenvalue weighted by Crippen LogP contribution is -2.59. The highest BCUT2D eigenvalue weighted by Gasteiger charge is 2.38. The smallest absolute Gasteiger partial charge is 0.322 e. The molecule has 0 saturated carbocycles. The summed E-state index contributed by atoms with van der Waals surface area (Å²) in [5.41, 5.74) is 2.93. The molecule has 6 rings (SSSR count). The van der Waals surface area contributed by atoms with Crippen molar-refractivity contribution in [3.8, 4) is 0 Å². The molecule has 0 bridgehead atoms. The number of anilines is 1. The Bertz CT molecular complexity index is 1530. The SMILES string of the molecule is CN1CCN(C2CCN(C(=O)C(CC(=O)N3CCC(N4Cc5ccccc5NC4=O)CC3)Cc3ccc(Br)c(Br)c3)CC2)CC1C(=O)O. The molecule has 2 aromatic rings. The van der Waals surface area contributed by atoms with Crippen molar-refractivity contribution in [3.63, 3.8) is 0 Å². The van der Waals surface area contributed by atoms with Gasteiger partial charge in [-0.2, -0.15) is 0 Å². The summed E-state index contributed by atoms with van der Waals surface area (Å²) >= 11 is 7.11. The van der Waals surface area contributed by atoms with E-state index < -0.39 is 17.9 Å². The Morgan fingerprint density at radius 1 is 0.896 bits per heavy atom. The number of likely N-dealkylation sites (N-methyl/N-ethyl adjacent to an activating group) is 1. The van der Waals surface area contributed by atoms with Crippen molar-refractivity contribution >= 4 is 61.4 Å². The highest BCUT2D eigenvalue weighted by molar-refractivity contribution is 9.13. The van der Waals surface area contributed by atoms with Gasteiger partial charge in [-0.25, -0.2) is 4.79 Å². The van der Waals surface area contributed by atoms with Crippen molar-refractivity contribution in [2.75, 3.05) is 58.2 Å². The summed E-state index contributed by atoms with van der Waals surface area (Å²) in [6.45, 7) is 4.86. The Morgan fingerprint density at radius 3 is 2.29 bits per heavy atom. The van der Waals surface area contributed by atoms with Crippen LogP contribution in [0.25, 0.3) is 0 Å². The highest BCUT2D eigenvalue weighted by Crippen LogP contribution is 2.30. The zero-order chi connectivity index (χ0) is 33.9.